The van der Waals surface area contributed by atoms with Gasteiger partial charge in [0.2, 0.25) is 5.91 Å². The molecule has 24 heavy (non-hydrogen) atoms. The summed E-state index contributed by atoms with van der Waals surface area (Å²) in [5.41, 5.74) is 0.642. The Balaban J connectivity index is 1.58. The van der Waals surface area contributed by atoms with E-state index in [1.807, 2.05) is 0 Å². The highest BCUT2D eigenvalue weighted by molar-refractivity contribution is 8.00. The SMILES string of the molecule is O=C(CSCC(=O)OCC(=O)N1CCCC1)Nc1ccc(Cl)cc1. The standard InChI is InChI=1S/C16H19ClN2O4S/c17-12-3-5-13(6-4-12)18-14(20)10-24-11-16(22)23-9-15(21)19-7-1-2-8-19/h3-6H,1-2,7-11H2,(H,18,20). The average molecular weight is 371 g/mol. The third-order valence-electron chi connectivity index (χ3n) is 3.40. The highest BCUT2D eigenvalue weighted by Crippen LogP contribution is 2.14. The molecule has 0 aliphatic carbocycles. The van der Waals surface area contributed by atoms with Crippen molar-refractivity contribution in [3.05, 3.63) is 29.3 Å². The normalized spacial score (nSPS) is 13.6. The minimum absolute atomic E-state index is 0.0291. The first kappa shape index (κ1) is 18.6. The van der Waals surface area contributed by atoms with Crippen molar-refractivity contribution in [3.63, 3.8) is 0 Å². The molecular formula is C16H19ClN2O4S. The van der Waals surface area contributed by atoms with Crippen LogP contribution < -0.4 is 5.32 Å². The van der Waals surface area contributed by atoms with Crippen LogP contribution in [0, 0.1) is 0 Å². The second-order valence-electron chi connectivity index (χ2n) is 5.30. The van der Waals surface area contributed by atoms with Crippen LogP contribution in [0.3, 0.4) is 0 Å². The largest absolute Gasteiger partial charge is 0.455 e. The monoisotopic (exact) mass is 370 g/mol. The van der Waals surface area contributed by atoms with Crippen LogP contribution in [0.5, 0.6) is 0 Å². The van der Waals surface area contributed by atoms with E-state index in [0.717, 1.165) is 37.7 Å². The van der Waals surface area contributed by atoms with Crippen molar-refractivity contribution in [2.45, 2.75) is 12.8 Å². The van der Waals surface area contributed by atoms with Crippen LogP contribution in [-0.4, -0.2) is 53.9 Å². The highest BCUT2D eigenvalue weighted by Gasteiger charge is 2.19. The predicted octanol–water partition coefficient (Wildman–Crippen LogP) is 2.18. The van der Waals surface area contributed by atoms with Gasteiger partial charge in [0.1, 0.15) is 0 Å². The van der Waals surface area contributed by atoms with Gasteiger partial charge in [-0.25, -0.2) is 0 Å². The first-order chi connectivity index (χ1) is 11.5. The molecule has 130 valence electrons. The fraction of sp³-hybridized carbons (Fsp3) is 0.438. The van der Waals surface area contributed by atoms with Crippen molar-refractivity contribution in [1.82, 2.24) is 4.90 Å². The Bertz CT molecular complexity index is 588. The number of rotatable bonds is 7. The Morgan fingerprint density at radius 1 is 1.12 bits per heavy atom. The van der Waals surface area contributed by atoms with Crippen LogP contribution in [0.2, 0.25) is 5.02 Å². The van der Waals surface area contributed by atoms with Crippen LogP contribution in [0.4, 0.5) is 5.69 Å². The molecule has 0 saturated carbocycles. The number of benzene rings is 1. The second-order valence-corrected chi connectivity index (χ2v) is 6.72. The average Bonchev–Trinajstić information content (AvgIpc) is 3.09. The first-order valence-electron chi connectivity index (χ1n) is 7.61. The number of thioether (sulfide) groups is 1. The summed E-state index contributed by atoms with van der Waals surface area (Å²) in [7, 11) is 0. The van der Waals surface area contributed by atoms with Gasteiger partial charge in [0, 0.05) is 23.8 Å². The molecule has 2 rings (SSSR count). The lowest BCUT2D eigenvalue weighted by Gasteiger charge is -2.14. The number of ether oxygens (including phenoxy) is 1. The van der Waals surface area contributed by atoms with Gasteiger partial charge in [-0.3, -0.25) is 14.4 Å². The molecule has 1 aromatic carbocycles. The maximum atomic E-state index is 11.7. The van der Waals surface area contributed by atoms with Crippen LogP contribution in [0.25, 0.3) is 0 Å². The number of carbonyl (C=O) groups excluding carboxylic acids is 3. The Kier molecular flexibility index (Phi) is 7.39. The van der Waals surface area contributed by atoms with E-state index in [9.17, 15) is 14.4 Å². The predicted molar refractivity (Wildman–Crippen MR) is 94.2 cm³/mol. The zero-order valence-corrected chi connectivity index (χ0v) is 14.7. The van der Waals surface area contributed by atoms with Crippen molar-refractivity contribution < 1.29 is 19.1 Å². The summed E-state index contributed by atoms with van der Waals surface area (Å²) >= 11 is 6.90. The number of halogens is 1. The minimum atomic E-state index is -0.494. The van der Waals surface area contributed by atoms with E-state index in [0.29, 0.717) is 10.7 Å². The Morgan fingerprint density at radius 3 is 2.46 bits per heavy atom. The van der Waals surface area contributed by atoms with Crippen LogP contribution in [0.1, 0.15) is 12.8 Å². The lowest BCUT2D eigenvalue weighted by Crippen LogP contribution is -2.32. The van der Waals surface area contributed by atoms with Gasteiger partial charge in [0.15, 0.2) is 6.61 Å². The first-order valence-corrected chi connectivity index (χ1v) is 9.14. The second kappa shape index (κ2) is 9.54. The molecule has 1 aliphatic heterocycles. The molecule has 1 heterocycles. The van der Waals surface area contributed by atoms with Gasteiger partial charge in [-0.1, -0.05) is 11.6 Å². The molecule has 0 aromatic heterocycles. The smallest absolute Gasteiger partial charge is 0.316 e. The quantitative estimate of drug-likeness (QED) is 0.744. The number of carbonyl (C=O) groups is 3. The number of nitrogens with one attached hydrogen (secondary N) is 1. The summed E-state index contributed by atoms with van der Waals surface area (Å²) < 4.78 is 4.93. The van der Waals surface area contributed by atoms with Gasteiger partial charge in [-0.05, 0) is 37.1 Å². The topological polar surface area (TPSA) is 75.7 Å². The van der Waals surface area contributed by atoms with Crippen LogP contribution in [0.15, 0.2) is 24.3 Å². The van der Waals surface area contributed by atoms with E-state index in [1.165, 1.54) is 0 Å². The van der Waals surface area contributed by atoms with E-state index >= 15 is 0 Å². The Hall–Kier alpha value is -1.73. The Labute approximate surface area is 149 Å². The number of hydrogen-bond donors (Lipinski definition) is 1. The number of amides is 2. The van der Waals surface area contributed by atoms with Gasteiger partial charge in [-0.2, -0.15) is 0 Å². The van der Waals surface area contributed by atoms with E-state index in [4.69, 9.17) is 16.3 Å². The van der Waals surface area contributed by atoms with Crippen molar-refractivity contribution in [1.29, 1.82) is 0 Å². The molecule has 1 N–H and O–H groups in total. The third-order valence-corrected chi connectivity index (χ3v) is 4.55. The number of anilines is 1. The van der Waals surface area contributed by atoms with Gasteiger partial charge in [0.25, 0.3) is 5.91 Å². The fourth-order valence-electron chi connectivity index (χ4n) is 2.20. The maximum absolute atomic E-state index is 11.7. The molecular weight excluding hydrogens is 352 g/mol. The molecule has 1 aliphatic rings. The zero-order chi connectivity index (χ0) is 17.4. The van der Waals surface area contributed by atoms with Gasteiger partial charge >= 0.3 is 5.97 Å². The number of hydrogen-bond acceptors (Lipinski definition) is 5. The molecule has 0 unspecified atom stereocenters. The number of nitrogens with zero attached hydrogens (tertiary/aromatic N) is 1. The minimum Gasteiger partial charge on any atom is -0.455 e. The van der Waals surface area contributed by atoms with Gasteiger partial charge in [0.05, 0.1) is 11.5 Å². The van der Waals surface area contributed by atoms with E-state index in [2.05, 4.69) is 5.32 Å². The van der Waals surface area contributed by atoms with E-state index in [-0.39, 0.29) is 29.9 Å². The van der Waals surface area contributed by atoms with E-state index < -0.39 is 5.97 Å². The van der Waals surface area contributed by atoms with Crippen molar-refractivity contribution in [2.24, 2.45) is 0 Å². The molecule has 0 radical (unpaired) electrons. The van der Waals surface area contributed by atoms with Crippen molar-refractivity contribution in [2.75, 3.05) is 36.5 Å². The van der Waals surface area contributed by atoms with E-state index in [1.54, 1.807) is 29.2 Å². The lowest BCUT2D eigenvalue weighted by atomic mass is 10.3. The van der Waals surface area contributed by atoms with Crippen molar-refractivity contribution in [3.8, 4) is 0 Å². The van der Waals surface area contributed by atoms with Crippen LogP contribution in [-0.2, 0) is 19.1 Å². The molecule has 1 fully saturated rings. The zero-order valence-electron chi connectivity index (χ0n) is 13.1. The number of likely N-dealkylation sites (tertiary alicyclic amines) is 1. The molecule has 1 aromatic rings. The van der Waals surface area contributed by atoms with Crippen LogP contribution >= 0.6 is 23.4 Å². The lowest BCUT2D eigenvalue weighted by molar-refractivity contribution is -0.149. The molecule has 2 amide bonds. The van der Waals surface area contributed by atoms with Crippen molar-refractivity contribution >= 4 is 46.8 Å². The molecule has 1 saturated heterocycles. The maximum Gasteiger partial charge on any atom is 0.316 e. The summed E-state index contributed by atoms with van der Waals surface area (Å²) in [5, 5.41) is 3.29. The third kappa shape index (κ3) is 6.41. The molecule has 0 bridgehead atoms. The molecule has 0 spiro atoms. The molecule has 6 nitrogen and oxygen atoms in total. The summed E-state index contributed by atoms with van der Waals surface area (Å²) in [6, 6.07) is 6.75. The fourth-order valence-corrected chi connectivity index (χ4v) is 2.93. The number of esters is 1. The molecule has 0 atom stereocenters. The summed E-state index contributed by atoms with van der Waals surface area (Å²) in [5.74, 6) is -0.722. The summed E-state index contributed by atoms with van der Waals surface area (Å²) in [6.07, 6.45) is 2.00. The summed E-state index contributed by atoms with van der Waals surface area (Å²) in [4.78, 5) is 36.7. The van der Waals surface area contributed by atoms with Gasteiger partial charge in [-0.15, -0.1) is 11.8 Å². The summed E-state index contributed by atoms with van der Waals surface area (Å²) in [6.45, 7) is 1.24. The highest BCUT2D eigenvalue weighted by atomic mass is 35.5. The van der Waals surface area contributed by atoms with Gasteiger partial charge < -0.3 is 15.0 Å². The molecule has 8 heteroatoms. The Morgan fingerprint density at radius 2 is 1.79 bits per heavy atom.